The Bertz CT molecular complexity index is 1020. The Hall–Kier alpha value is -3.02. The van der Waals surface area contributed by atoms with Crippen LogP contribution in [0, 0.1) is 13.8 Å². The van der Waals surface area contributed by atoms with Crippen molar-refractivity contribution in [1.29, 1.82) is 0 Å². The third-order valence-electron chi connectivity index (χ3n) is 4.58. The average Bonchev–Trinajstić information content (AvgIpc) is 3.17. The van der Waals surface area contributed by atoms with Crippen LogP contribution in [0.3, 0.4) is 0 Å². The summed E-state index contributed by atoms with van der Waals surface area (Å²) in [7, 11) is 0. The van der Waals surface area contributed by atoms with Gasteiger partial charge in [-0.05, 0) is 62.6 Å². The molecule has 0 spiro atoms. The van der Waals surface area contributed by atoms with Crippen molar-refractivity contribution >= 4 is 16.9 Å². The van der Waals surface area contributed by atoms with E-state index in [0.717, 1.165) is 17.5 Å². The summed E-state index contributed by atoms with van der Waals surface area (Å²) in [6.45, 7) is 7.48. The van der Waals surface area contributed by atoms with Crippen molar-refractivity contribution in [3.63, 3.8) is 0 Å². The first kappa shape index (κ1) is 18.8. The lowest BCUT2D eigenvalue weighted by Crippen LogP contribution is -2.36. The molecule has 27 heavy (non-hydrogen) atoms. The SMILES string of the molecule is CC[C@@H](C)NC(=O)COc1c(-c2ccco2)oc2cc(C)c(C)cc2c1=O. The van der Waals surface area contributed by atoms with E-state index in [1.54, 1.807) is 18.2 Å². The van der Waals surface area contributed by atoms with Crippen LogP contribution in [0.4, 0.5) is 0 Å². The maximum atomic E-state index is 13.0. The molecular formula is C21H23NO5. The zero-order valence-electron chi connectivity index (χ0n) is 15.9. The molecule has 3 rings (SSSR count). The molecule has 0 unspecified atom stereocenters. The first-order valence-corrected chi connectivity index (χ1v) is 8.94. The molecule has 0 aliphatic carbocycles. The second kappa shape index (κ2) is 7.70. The van der Waals surface area contributed by atoms with Crippen LogP contribution in [0.5, 0.6) is 5.75 Å². The van der Waals surface area contributed by atoms with Gasteiger partial charge in [0, 0.05) is 6.04 Å². The molecule has 0 saturated heterocycles. The van der Waals surface area contributed by atoms with Crippen molar-refractivity contribution < 1.29 is 18.4 Å². The number of carbonyl (C=O) groups excluding carboxylic acids is 1. The predicted molar refractivity (Wildman–Crippen MR) is 103 cm³/mol. The molecule has 0 aliphatic rings. The topological polar surface area (TPSA) is 81.7 Å². The van der Waals surface area contributed by atoms with Crippen LogP contribution in [0.15, 0.2) is 44.2 Å². The second-order valence-electron chi connectivity index (χ2n) is 6.66. The van der Waals surface area contributed by atoms with Gasteiger partial charge in [0.1, 0.15) is 5.58 Å². The molecule has 0 radical (unpaired) electrons. The highest BCUT2D eigenvalue weighted by Gasteiger charge is 2.21. The third kappa shape index (κ3) is 3.89. The molecule has 6 nitrogen and oxygen atoms in total. The fourth-order valence-corrected chi connectivity index (χ4v) is 2.69. The number of carbonyl (C=O) groups is 1. The highest BCUT2D eigenvalue weighted by molar-refractivity contribution is 5.83. The number of nitrogens with one attached hydrogen (secondary N) is 1. The number of rotatable bonds is 6. The first-order chi connectivity index (χ1) is 12.9. The molecule has 0 fully saturated rings. The molecule has 0 saturated carbocycles. The van der Waals surface area contributed by atoms with Gasteiger partial charge >= 0.3 is 0 Å². The minimum Gasteiger partial charge on any atom is -0.476 e. The van der Waals surface area contributed by atoms with E-state index < -0.39 is 0 Å². The lowest BCUT2D eigenvalue weighted by Gasteiger charge is -2.13. The van der Waals surface area contributed by atoms with Gasteiger partial charge in [0.05, 0.1) is 11.6 Å². The number of hydrogen-bond donors (Lipinski definition) is 1. The Balaban J connectivity index is 2.05. The highest BCUT2D eigenvalue weighted by atomic mass is 16.5. The summed E-state index contributed by atoms with van der Waals surface area (Å²) < 4.78 is 16.9. The van der Waals surface area contributed by atoms with Crippen molar-refractivity contribution in [2.75, 3.05) is 6.61 Å². The fraction of sp³-hybridized carbons (Fsp3) is 0.333. The van der Waals surface area contributed by atoms with Gasteiger partial charge in [0.25, 0.3) is 5.91 Å². The minimum absolute atomic E-state index is 0.0278. The molecule has 3 aromatic rings. The fourth-order valence-electron chi connectivity index (χ4n) is 2.69. The Labute approximate surface area is 157 Å². The quantitative estimate of drug-likeness (QED) is 0.711. The van der Waals surface area contributed by atoms with Crippen molar-refractivity contribution in [2.45, 2.75) is 40.2 Å². The molecular weight excluding hydrogens is 346 g/mol. The van der Waals surface area contributed by atoms with E-state index in [1.165, 1.54) is 6.26 Å². The van der Waals surface area contributed by atoms with Gasteiger partial charge in [-0.3, -0.25) is 9.59 Å². The van der Waals surface area contributed by atoms with E-state index in [0.29, 0.717) is 16.7 Å². The van der Waals surface area contributed by atoms with Gasteiger partial charge in [-0.15, -0.1) is 0 Å². The summed E-state index contributed by atoms with van der Waals surface area (Å²) in [4.78, 5) is 25.1. The summed E-state index contributed by atoms with van der Waals surface area (Å²) in [6, 6.07) is 6.99. The lowest BCUT2D eigenvalue weighted by molar-refractivity contribution is -0.123. The summed E-state index contributed by atoms with van der Waals surface area (Å²) in [5.74, 6) is 0.219. The molecule has 142 valence electrons. The molecule has 1 amide bonds. The smallest absolute Gasteiger partial charge is 0.258 e. The van der Waals surface area contributed by atoms with Crippen molar-refractivity contribution in [3.8, 4) is 17.3 Å². The van der Waals surface area contributed by atoms with Gasteiger partial charge in [-0.1, -0.05) is 6.92 Å². The van der Waals surface area contributed by atoms with Crippen LogP contribution in [-0.2, 0) is 4.79 Å². The molecule has 1 N–H and O–H groups in total. The molecule has 1 atom stereocenters. The molecule has 2 aromatic heterocycles. The summed E-state index contributed by atoms with van der Waals surface area (Å²) in [6.07, 6.45) is 2.29. The zero-order chi connectivity index (χ0) is 19.6. The van der Waals surface area contributed by atoms with Gasteiger partial charge in [-0.2, -0.15) is 0 Å². The Morgan fingerprint density at radius 1 is 1.26 bits per heavy atom. The summed E-state index contributed by atoms with van der Waals surface area (Å²) >= 11 is 0. The van der Waals surface area contributed by atoms with Crippen LogP contribution < -0.4 is 15.5 Å². The van der Waals surface area contributed by atoms with Crippen molar-refractivity contribution in [3.05, 3.63) is 51.9 Å². The number of benzene rings is 1. The zero-order valence-corrected chi connectivity index (χ0v) is 15.9. The predicted octanol–water partition coefficient (Wildman–Crippen LogP) is 3.96. The summed E-state index contributed by atoms with van der Waals surface area (Å²) in [5.41, 5.74) is 2.10. The third-order valence-corrected chi connectivity index (χ3v) is 4.58. The van der Waals surface area contributed by atoms with E-state index >= 15 is 0 Å². The molecule has 1 aromatic carbocycles. The van der Waals surface area contributed by atoms with E-state index in [1.807, 2.05) is 33.8 Å². The number of furan rings is 1. The lowest BCUT2D eigenvalue weighted by atomic mass is 10.1. The monoisotopic (exact) mass is 369 g/mol. The van der Waals surface area contributed by atoms with E-state index in [9.17, 15) is 9.59 Å². The maximum Gasteiger partial charge on any atom is 0.258 e. The van der Waals surface area contributed by atoms with Gasteiger partial charge in [-0.25, -0.2) is 0 Å². The maximum absolute atomic E-state index is 13.0. The Morgan fingerprint density at radius 3 is 2.67 bits per heavy atom. The average molecular weight is 369 g/mol. The number of amides is 1. The van der Waals surface area contributed by atoms with Gasteiger partial charge in [0.15, 0.2) is 12.4 Å². The number of aryl methyl sites for hydroxylation is 2. The largest absolute Gasteiger partial charge is 0.476 e. The van der Waals surface area contributed by atoms with Crippen molar-refractivity contribution in [1.82, 2.24) is 5.32 Å². The Morgan fingerprint density at radius 2 is 2.00 bits per heavy atom. The first-order valence-electron chi connectivity index (χ1n) is 8.94. The van der Waals surface area contributed by atoms with Gasteiger partial charge in [0.2, 0.25) is 16.9 Å². The minimum atomic E-state index is -0.331. The summed E-state index contributed by atoms with van der Waals surface area (Å²) in [5, 5.41) is 3.22. The van der Waals surface area contributed by atoms with Crippen LogP contribution in [0.2, 0.25) is 0 Å². The second-order valence-corrected chi connectivity index (χ2v) is 6.66. The van der Waals surface area contributed by atoms with Gasteiger partial charge < -0.3 is 18.9 Å². The van der Waals surface area contributed by atoms with Crippen LogP contribution in [0.25, 0.3) is 22.5 Å². The normalized spacial score (nSPS) is 12.1. The Kier molecular flexibility index (Phi) is 5.35. The number of fused-ring (bicyclic) bond motifs is 1. The molecule has 0 aliphatic heterocycles. The van der Waals surface area contributed by atoms with Crippen LogP contribution in [0.1, 0.15) is 31.4 Å². The van der Waals surface area contributed by atoms with E-state index in [-0.39, 0.29) is 35.5 Å². The van der Waals surface area contributed by atoms with Crippen molar-refractivity contribution in [2.24, 2.45) is 0 Å². The van der Waals surface area contributed by atoms with Crippen LogP contribution in [-0.4, -0.2) is 18.6 Å². The molecule has 6 heteroatoms. The van der Waals surface area contributed by atoms with E-state index in [2.05, 4.69) is 5.32 Å². The number of ether oxygens (including phenoxy) is 1. The number of hydrogen-bond acceptors (Lipinski definition) is 5. The standard InChI is InChI=1S/C21H23NO5/c1-5-14(4)22-18(23)11-26-21-19(24)15-9-12(2)13(3)10-17(15)27-20(21)16-7-6-8-25-16/h6-10,14H,5,11H2,1-4H3,(H,22,23)/t14-/m1/s1. The van der Waals surface area contributed by atoms with E-state index in [4.69, 9.17) is 13.6 Å². The van der Waals surface area contributed by atoms with Crippen LogP contribution >= 0.6 is 0 Å². The molecule has 0 bridgehead atoms. The highest BCUT2D eigenvalue weighted by Crippen LogP contribution is 2.32. The molecule has 2 heterocycles.